The number of hydrogen-bond acceptors (Lipinski definition) is 4. The van der Waals surface area contributed by atoms with Gasteiger partial charge in [0, 0.05) is 60.4 Å². The van der Waals surface area contributed by atoms with Gasteiger partial charge in [-0.05, 0) is 96.1 Å². The first-order chi connectivity index (χ1) is 31.2. The molecule has 0 bridgehead atoms. The van der Waals surface area contributed by atoms with Crippen LogP contribution < -0.4 is 0 Å². The minimum Gasteiger partial charge on any atom is -0.456 e. The largest absolute Gasteiger partial charge is 0.456 e. The fourth-order valence-electron chi connectivity index (χ4n) is 9.42. The van der Waals surface area contributed by atoms with E-state index in [1.165, 1.54) is 38.1 Å². The second-order valence-corrected chi connectivity index (χ2v) is 16.0. The van der Waals surface area contributed by atoms with Crippen LogP contribution in [0.4, 0.5) is 0 Å². The predicted molar refractivity (Wildman–Crippen MR) is 258 cm³/mol. The van der Waals surface area contributed by atoms with Crippen molar-refractivity contribution in [3.05, 3.63) is 212 Å². The Morgan fingerprint density at radius 1 is 0.270 bits per heavy atom. The number of para-hydroxylation sites is 3. The second kappa shape index (κ2) is 14.0. The van der Waals surface area contributed by atoms with Gasteiger partial charge in [0.1, 0.15) is 11.2 Å². The van der Waals surface area contributed by atoms with Gasteiger partial charge in [-0.3, -0.25) is 0 Å². The average molecular weight is 806 g/mol. The Morgan fingerprint density at radius 3 is 1.29 bits per heavy atom. The highest BCUT2D eigenvalue weighted by Crippen LogP contribution is 2.40. The highest BCUT2D eigenvalue weighted by atomic mass is 16.3. The predicted octanol–water partition coefficient (Wildman–Crippen LogP) is 14.6. The standard InChI is InChI=1S/C57H35N5O/c1-4-14-36(15-5-1)55-58-56(37-16-6-2-7-17-37)60-57(59-55)40-26-31-54-48(34-40)47-33-39(25-30-53(47)63-54)38-24-28-51-45(32-38)43-20-10-13-23-50(43)62(51)42-27-29-52-46(35-42)44-21-11-12-22-49(44)61(52)41-18-8-3-9-19-41/h1-35H. The third-order valence-electron chi connectivity index (χ3n) is 12.4. The first-order valence-electron chi connectivity index (χ1n) is 21.2. The smallest absolute Gasteiger partial charge is 0.164 e. The zero-order chi connectivity index (χ0) is 41.4. The molecule has 0 N–H and O–H groups in total. The van der Waals surface area contributed by atoms with Crippen molar-refractivity contribution in [1.82, 2.24) is 24.1 Å². The van der Waals surface area contributed by atoms with Gasteiger partial charge >= 0.3 is 0 Å². The number of furan rings is 1. The van der Waals surface area contributed by atoms with Gasteiger partial charge in [-0.25, -0.2) is 15.0 Å². The molecule has 0 saturated carbocycles. The third-order valence-corrected chi connectivity index (χ3v) is 12.4. The van der Waals surface area contributed by atoms with Crippen LogP contribution >= 0.6 is 0 Å². The summed E-state index contributed by atoms with van der Waals surface area (Å²) in [6.45, 7) is 0. The fourth-order valence-corrected chi connectivity index (χ4v) is 9.42. The third kappa shape index (κ3) is 5.69. The molecule has 0 aliphatic heterocycles. The first-order valence-corrected chi connectivity index (χ1v) is 21.2. The van der Waals surface area contributed by atoms with Crippen LogP contribution in [0.1, 0.15) is 0 Å². The van der Waals surface area contributed by atoms with Crippen molar-refractivity contribution in [2.45, 2.75) is 0 Å². The molecule has 294 valence electrons. The van der Waals surface area contributed by atoms with Gasteiger partial charge in [0.2, 0.25) is 0 Å². The average Bonchev–Trinajstić information content (AvgIpc) is 4.01. The minimum absolute atomic E-state index is 0.609. The Morgan fingerprint density at radius 2 is 0.683 bits per heavy atom. The number of nitrogens with zero attached hydrogens (tertiary/aromatic N) is 5. The van der Waals surface area contributed by atoms with E-state index in [0.29, 0.717) is 17.5 Å². The highest BCUT2D eigenvalue weighted by molar-refractivity contribution is 6.13. The summed E-state index contributed by atoms with van der Waals surface area (Å²) >= 11 is 0. The minimum atomic E-state index is 0.609. The summed E-state index contributed by atoms with van der Waals surface area (Å²) in [6, 6.07) is 74.6. The van der Waals surface area contributed by atoms with Crippen LogP contribution in [0.25, 0.3) is 122 Å². The molecule has 4 heterocycles. The van der Waals surface area contributed by atoms with E-state index in [9.17, 15) is 0 Å². The molecule has 0 radical (unpaired) electrons. The molecule has 0 aliphatic carbocycles. The van der Waals surface area contributed by atoms with E-state index < -0.39 is 0 Å². The quantitative estimate of drug-likeness (QED) is 0.168. The maximum absolute atomic E-state index is 6.43. The van der Waals surface area contributed by atoms with E-state index >= 15 is 0 Å². The van der Waals surface area contributed by atoms with Crippen LogP contribution in [0.5, 0.6) is 0 Å². The van der Waals surface area contributed by atoms with Crippen LogP contribution in [-0.4, -0.2) is 24.1 Å². The molecule has 9 aromatic carbocycles. The second-order valence-electron chi connectivity index (χ2n) is 16.0. The van der Waals surface area contributed by atoms with Crippen molar-refractivity contribution in [2.24, 2.45) is 0 Å². The van der Waals surface area contributed by atoms with Gasteiger partial charge in [0.15, 0.2) is 17.5 Å². The van der Waals surface area contributed by atoms with Gasteiger partial charge in [0.05, 0.1) is 22.1 Å². The summed E-state index contributed by atoms with van der Waals surface area (Å²) < 4.78 is 11.2. The molecule has 0 saturated heterocycles. The Bertz CT molecular complexity index is 3850. The SMILES string of the molecule is c1ccc(-c2nc(-c3ccccc3)nc(-c3ccc4oc5ccc(-c6ccc7c(c6)c6ccccc6n7-c6ccc7c(c6)c6ccccc6n7-c6ccccc6)cc5c4c3)n2)cc1. The Balaban J connectivity index is 0.931. The molecule has 6 heteroatoms. The summed E-state index contributed by atoms with van der Waals surface area (Å²) in [5.41, 5.74) is 13.7. The Hall–Kier alpha value is -8.61. The van der Waals surface area contributed by atoms with Crippen molar-refractivity contribution in [1.29, 1.82) is 0 Å². The summed E-state index contributed by atoms with van der Waals surface area (Å²) in [4.78, 5) is 14.9. The molecular weight excluding hydrogens is 771 g/mol. The molecule has 0 unspecified atom stereocenters. The van der Waals surface area contributed by atoms with E-state index in [-0.39, 0.29) is 0 Å². The molecule has 6 nitrogen and oxygen atoms in total. The Kier molecular flexibility index (Phi) is 7.80. The number of rotatable bonds is 6. The van der Waals surface area contributed by atoms with Crippen LogP contribution in [0.15, 0.2) is 217 Å². The van der Waals surface area contributed by atoms with Crippen LogP contribution in [0.3, 0.4) is 0 Å². The first kappa shape index (κ1) is 35.2. The summed E-state index contributed by atoms with van der Waals surface area (Å²) in [7, 11) is 0. The molecule has 4 aromatic heterocycles. The number of aromatic nitrogens is 5. The van der Waals surface area contributed by atoms with Crippen molar-refractivity contribution in [2.75, 3.05) is 0 Å². The molecule has 0 aliphatic rings. The van der Waals surface area contributed by atoms with Crippen molar-refractivity contribution < 1.29 is 4.42 Å². The molecule has 0 fully saturated rings. The topological polar surface area (TPSA) is 61.7 Å². The molecule has 63 heavy (non-hydrogen) atoms. The lowest BCUT2D eigenvalue weighted by Crippen LogP contribution is -2.00. The van der Waals surface area contributed by atoms with E-state index in [0.717, 1.165) is 66.6 Å². The van der Waals surface area contributed by atoms with Crippen LogP contribution in [0.2, 0.25) is 0 Å². The maximum atomic E-state index is 6.43. The lowest BCUT2D eigenvalue weighted by Gasteiger charge is -2.10. The van der Waals surface area contributed by atoms with Crippen molar-refractivity contribution in [3.8, 4) is 56.7 Å². The number of hydrogen-bond donors (Lipinski definition) is 0. The number of fused-ring (bicyclic) bond motifs is 9. The van der Waals surface area contributed by atoms with E-state index in [1.54, 1.807) is 0 Å². The summed E-state index contributed by atoms with van der Waals surface area (Å²) in [5.74, 6) is 1.87. The summed E-state index contributed by atoms with van der Waals surface area (Å²) in [5, 5.41) is 6.92. The van der Waals surface area contributed by atoms with E-state index in [2.05, 4.69) is 149 Å². The lowest BCUT2D eigenvalue weighted by atomic mass is 10.00. The lowest BCUT2D eigenvalue weighted by molar-refractivity contribution is 0.669. The normalized spacial score (nSPS) is 11.8. The van der Waals surface area contributed by atoms with Crippen LogP contribution in [-0.2, 0) is 0 Å². The molecule has 13 aromatic rings. The molecule has 0 amide bonds. The molecule has 0 atom stereocenters. The van der Waals surface area contributed by atoms with Crippen LogP contribution in [0, 0.1) is 0 Å². The fraction of sp³-hybridized carbons (Fsp3) is 0. The zero-order valence-electron chi connectivity index (χ0n) is 33.9. The van der Waals surface area contributed by atoms with Crippen molar-refractivity contribution in [3.63, 3.8) is 0 Å². The monoisotopic (exact) mass is 805 g/mol. The van der Waals surface area contributed by atoms with Gasteiger partial charge < -0.3 is 13.6 Å². The number of benzene rings is 9. The molecule has 0 spiro atoms. The van der Waals surface area contributed by atoms with Crippen molar-refractivity contribution >= 4 is 65.6 Å². The molecular formula is C57H35N5O. The van der Waals surface area contributed by atoms with E-state index in [1.807, 2.05) is 72.8 Å². The summed E-state index contributed by atoms with van der Waals surface area (Å²) in [6.07, 6.45) is 0. The molecule has 13 rings (SSSR count). The highest BCUT2D eigenvalue weighted by Gasteiger charge is 2.19. The van der Waals surface area contributed by atoms with Gasteiger partial charge in [0.25, 0.3) is 0 Å². The van der Waals surface area contributed by atoms with Gasteiger partial charge in [-0.15, -0.1) is 0 Å². The zero-order valence-corrected chi connectivity index (χ0v) is 33.9. The Labute approximate surface area is 361 Å². The van der Waals surface area contributed by atoms with Gasteiger partial charge in [-0.2, -0.15) is 0 Å². The van der Waals surface area contributed by atoms with Gasteiger partial charge in [-0.1, -0.05) is 127 Å². The maximum Gasteiger partial charge on any atom is 0.164 e. The van der Waals surface area contributed by atoms with E-state index in [4.69, 9.17) is 19.4 Å².